The van der Waals surface area contributed by atoms with Gasteiger partial charge in [0.25, 0.3) is 11.6 Å². The molecule has 1 aliphatic rings. The predicted molar refractivity (Wildman–Crippen MR) is 79.4 cm³/mol. The molecule has 2 rings (SSSR count). The van der Waals surface area contributed by atoms with E-state index in [4.69, 9.17) is 0 Å². The van der Waals surface area contributed by atoms with E-state index in [1.807, 2.05) is 6.92 Å². The molecule has 7 heteroatoms. The SMILES string of the molecule is CNc1ncc([N+](=O)[O-])cc1C(=O)N1CCCCCC1C. The Bertz CT molecular complexity index is 547. The first-order chi connectivity index (χ1) is 10.0. The van der Waals surface area contributed by atoms with Gasteiger partial charge in [0, 0.05) is 25.7 Å². The third-order valence-corrected chi connectivity index (χ3v) is 3.87. The minimum absolute atomic E-state index is 0.143. The van der Waals surface area contributed by atoms with Crippen molar-refractivity contribution in [1.82, 2.24) is 9.88 Å². The Labute approximate surface area is 123 Å². The van der Waals surface area contributed by atoms with Crippen LogP contribution in [-0.4, -0.2) is 40.3 Å². The van der Waals surface area contributed by atoms with E-state index >= 15 is 0 Å². The van der Waals surface area contributed by atoms with E-state index < -0.39 is 4.92 Å². The highest BCUT2D eigenvalue weighted by atomic mass is 16.6. The molecular weight excluding hydrogens is 272 g/mol. The Balaban J connectivity index is 2.36. The number of amides is 1. The van der Waals surface area contributed by atoms with Crippen LogP contribution in [0.2, 0.25) is 0 Å². The van der Waals surface area contributed by atoms with Gasteiger partial charge in [-0.3, -0.25) is 14.9 Å². The first-order valence-electron chi connectivity index (χ1n) is 7.17. The summed E-state index contributed by atoms with van der Waals surface area (Å²) in [5, 5.41) is 13.7. The topological polar surface area (TPSA) is 88.4 Å². The van der Waals surface area contributed by atoms with E-state index in [-0.39, 0.29) is 23.2 Å². The molecule has 1 aromatic rings. The number of nitrogens with zero attached hydrogens (tertiary/aromatic N) is 3. The summed E-state index contributed by atoms with van der Waals surface area (Å²) in [6.07, 6.45) is 5.31. The first kappa shape index (κ1) is 15.2. The molecule has 7 nitrogen and oxygen atoms in total. The zero-order valence-electron chi connectivity index (χ0n) is 12.3. The second kappa shape index (κ2) is 6.51. The van der Waals surface area contributed by atoms with Crippen LogP contribution < -0.4 is 5.32 Å². The highest BCUT2D eigenvalue weighted by molar-refractivity contribution is 5.99. The minimum Gasteiger partial charge on any atom is -0.372 e. The van der Waals surface area contributed by atoms with Crippen LogP contribution in [-0.2, 0) is 0 Å². The zero-order valence-corrected chi connectivity index (χ0v) is 12.3. The average Bonchev–Trinajstić information content (AvgIpc) is 2.70. The smallest absolute Gasteiger partial charge is 0.288 e. The van der Waals surface area contributed by atoms with Crippen molar-refractivity contribution in [2.45, 2.75) is 38.6 Å². The number of aromatic nitrogens is 1. The van der Waals surface area contributed by atoms with Crippen molar-refractivity contribution in [2.24, 2.45) is 0 Å². The van der Waals surface area contributed by atoms with Gasteiger partial charge >= 0.3 is 0 Å². The van der Waals surface area contributed by atoms with Gasteiger partial charge in [-0.2, -0.15) is 0 Å². The number of carbonyl (C=O) groups excluding carboxylic acids is 1. The second-order valence-corrected chi connectivity index (χ2v) is 5.29. The standard InChI is InChI=1S/C14H20N4O3/c1-10-6-4-3-5-7-17(10)14(19)12-8-11(18(20)21)9-16-13(12)15-2/h8-10H,3-7H2,1-2H3,(H,15,16). The minimum atomic E-state index is -0.533. The first-order valence-corrected chi connectivity index (χ1v) is 7.17. The summed E-state index contributed by atoms with van der Waals surface area (Å²) in [5.74, 6) is 0.187. The second-order valence-electron chi connectivity index (χ2n) is 5.29. The number of rotatable bonds is 3. The highest BCUT2D eigenvalue weighted by Gasteiger charge is 2.26. The Hall–Kier alpha value is -2.18. The van der Waals surface area contributed by atoms with Crippen LogP contribution in [0.25, 0.3) is 0 Å². The average molecular weight is 292 g/mol. The molecule has 1 atom stereocenters. The molecule has 1 fully saturated rings. The maximum Gasteiger partial charge on any atom is 0.288 e. The molecule has 21 heavy (non-hydrogen) atoms. The van der Waals surface area contributed by atoms with E-state index in [2.05, 4.69) is 10.3 Å². The summed E-state index contributed by atoms with van der Waals surface area (Å²) >= 11 is 0. The molecule has 0 saturated carbocycles. The van der Waals surface area contributed by atoms with Crippen LogP contribution >= 0.6 is 0 Å². The van der Waals surface area contributed by atoms with Gasteiger partial charge in [0.15, 0.2) is 0 Å². The third-order valence-electron chi connectivity index (χ3n) is 3.87. The van der Waals surface area contributed by atoms with Crippen LogP contribution in [0.5, 0.6) is 0 Å². The van der Waals surface area contributed by atoms with Crippen molar-refractivity contribution >= 4 is 17.4 Å². The Morgan fingerprint density at radius 2 is 2.24 bits per heavy atom. The number of anilines is 1. The number of nitro groups is 1. The van der Waals surface area contributed by atoms with Gasteiger partial charge in [-0.05, 0) is 19.8 Å². The Kier molecular flexibility index (Phi) is 4.72. The largest absolute Gasteiger partial charge is 0.372 e. The maximum absolute atomic E-state index is 12.7. The molecule has 0 radical (unpaired) electrons. The van der Waals surface area contributed by atoms with Crippen molar-refractivity contribution in [3.8, 4) is 0 Å². The van der Waals surface area contributed by atoms with E-state index in [9.17, 15) is 14.9 Å². The number of hydrogen-bond donors (Lipinski definition) is 1. The van der Waals surface area contributed by atoms with Gasteiger partial charge in [0.1, 0.15) is 12.0 Å². The summed E-state index contributed by atoms with van der Waals surface area (Å²) < 4.78 is 0. The molecule has 1 saturated heterocycles. The lowest BCUT2D eigenvalue weighted by molar-refractivity contribution is -0.385. The molecule has 2 heterocycles. The fourth-order valence-corrected chi connectivity index (χ4v) is 2.65. The van der Waals surface area contributed by atoms with Crippen LogP contribution in [0.1, 0.15) is 43.0 Å². The van der Waals surface area contributed by atoms with E-state index in [0.29, 0.717) is 12.4 Å². The molecule has 0 aromatic carbocycles. The van der Waals surface area contributed by atoms with E-state index in [0.717, 1.165) is 31.9 Å². The monoisotopic (exact) mass is 292 g/mol. The molecule has 0 bridgehead atoms. The highest BCUT2D eigenvalue weighted by Crippen LogP contribution is 2.24. The van der Waals surface area contributed by atoms with Gasteiger partial charge in [0.05, 0.1) is 10.5 Å². The molecule has 1 amide bonds. The van der Waals surface area contributed by atoms with E-state index in [1.54, 1.807) is 11.9 Å². The van der Waals surface area contributed by atoms with Gasteiger partial charge in [0.2, 0.25) is 0 Å². The van der Waals surface area contributed by atoms with Crippen molar-refractivity contribution in [2.75, 3.05) is 18.9 Å². The van der Waals surface area contributed by atoms with Crippen molar-refractivity contribution in [3.63, 3.8) is 0 Å². The maximum atomic E-state index is 12.7. The lowest BCUT2D eigenvalue weighted by atomic mass is 10.1. The fraction of sp³-hybridized carbons (Fsp3) is 0.571. The summed E-state index contributed by atoms with van der Waals surface area (Å²) in [5.41, 5.74) is 0.0975. The summed E-state index contributed by atoms with van der Waals surface area (Å²) in [6.45, 7) is 2.71. The molecule has 1 aromatic heterocycles. The van der Waals surface area contributed by atoms with Crippen molar-refractivity contribution in [3.05, 3.63) is 27.9 Å². The van der Waals surface area contributed by atoms with Gasteiger partial charge in [-0.25, -0.2) is 4.98 Å². The van der Waals surface area contributed by atoms with E-state index in [1.165, 1.54) is 6.07 Å². The van der Waals surface area contributed by atoms with Gasteiger partial charge < -0.3 is 10.2 Å². The molecule has 1 aliphatic heterocycles. The van der Waals surface area contributed by atoms with Crippen LogP contribution in [0.15, 0.2) is 12.3 Å². The zero-order chi connectivity index (χ0) is 15.4. The molecule has 0 spiro atoms. The van der Waals surface area contributed by atoms with Crippen LogP contribution in [0.3, 0.4) is 0 Å². The summed E-state index contributed by atoms with van der Waals surface area (Å²) in [6, 6.07) is 1.45. The van der Waals surface area contributed by atoms with Crippen LogP contribution in [0.4, 0.5) is 11.5 Å². The normalized spacial score (nSPS) is 19.0. The quantitative estimate of drug-likeness (QED) is 0.682. The summed E-state index contributed by atoms with van der Waals surface area (Å²) in [7, 11) is 1.65. The molecule has 1 unspecified atom stereocenters. The predicted octanol–water partition coefficient (Wildman–Crippen LogP) is 2.44. The Morgan fingerprint density at radius 1 is 1.48 bits per heavy atom. The van der Waals surface area contributed by atoms with Crippen molar-refractivity contribution < 1.29 is 9.72 Å². The number of nitrogens with one attached hydrogen (secondary N) is 1. The van der Waals surface area contributed by atoms with Gasteiger partial charge in [-0.15, -0.1) is 0 Å². The fourth-order valence-electron chi connectivity index (χ4n) is 2.65. The van der Waals surface area contributed by atoms with Crippen molar-refractivity contribution in [1.29, 1.82) is 0 Å². The lowest BCUT2D eigenvalue weighted by Crippen LogP contribution is -2.38. The third kappa shape index (κ3) is 3.29. The van der Waals surface area contributed by atoms with Crippen LogP contribution in [0, 0.1) is 10.1 Å². The Morgan fingerprint density at radius 3 is 2.90 bits per heavy atom. The number of likely N-dealkylation sites (tertiary alicyclic amines) is 1. The number of hydrogen-bond acceptors (Lipinski definition) is 5. The molecule has 114 valence electrons. The number of carbonyl (C=O) groups is 1. The van der Waals surface area contributed by atoms with Gasteiger partial charge in [-0.1, -0.05) is 12.8 Å². The molecule has 1 N–H and O–H groups in total. The summed E-state index contributed by atoms with van der Waals surface area (Å²) in [4.78, 5) is 28.9. The number of pyridine rings is 1. The molecular formula is C14H20N4O3. The molecule has 0 aliphatic carbocycles. The lowest BCUT2D eigenvalue weighted by Gasteiger charge is -2.27.